The highest BCUT2D eigenvalue weighted by Crippen LogP contribution is 2.24. The summed E-state index contributed by atoms with van der Waals surface area (Å²) in [5.74, 6) is -0.303. The molecule has 0 aliphatic heterocycles. The lowest BCUT2D eigenvalue weighted by atomic mass is 10.2. The zero-order chi connectivity index (χ0) is 14.2. The van der Waals surface area contributed by atoms with E-state index in [9.17, 15) is 4.79 Å². The standard InChI is InChI=1S/C13H14ClIN2O2/c1-13(2,3)19-11(18)7-17-10-5-4-8(14)6-9(10)12(15)16-17/h4-6H,7H2,1-3H3. The van der Waals surface area contributed by atoms with Crippen LogP contribution in [0.3, 0.4) is 0 Å². The minimum Gasteiger partial charge on any atom is -0.459 e. The molecule has 6 heteroatoms. The predicted octanol–water partition coefficient (Wildman–Crippen LogP) is 3.64. The smallest absolute Gasteiger partial charge is 0.328 e. The average molecular weight is 393 g/mol. The molecule has 0 fully saturated rings. The molecule has 1 aromatic heterocycles. The van der Waals surface area contributed by atoms with Crippen LogP contribution in [0.1, 0.15) is 20.8 Å². The molecule has 0 aliphatic rings. The first-order valence-electron chi connectivity index (χ1n) is 5.80. The van der Waals surface area contributed by atoms with E-state index in [1.54, 1.807) is 10.7 Å². The van der Waals surface area contributed by atoms with Gasteiger partial charge in [-0.1, -0.05) is 11.6 Å². The van der Waals surface area contributed by atoms with Crippen LogP contribution in [-0.2, 0) is 16.1 Å². The number of ether oxygens (including phenoxy) is 1. The Morgan fingerprint density at radius 1 is 1.47 bits per heavy atom. The lowest BCUT2D eigenvalue weighted by Gasteiger charge is -2.19. The quantitative estimate of drug-likeness (QED) is 0.579. The summed E-state index contributed by atoms with van der Waals surface area (Å²) in [6.07, 6.45) is 0. The Morgan fingerprint density at radius 2 is 2.16 bits per heavy atom. The van der Waals surface area contributed by atoms with E-state index in [4.69, 9.17) is 16.3 Å². The van der Waals surface area contributed by atoms with Gasteiger partial charge in [-0.15, -0.1) is 0 Å². The van der Waals surface area contributed by atoms with Gasteiger partial charge >= 0.3 is 5.97 Å². The van der Waals surface area contributed by atoms with Crippen molar-refractivity contribution in [3.63, 3.8) is 0 Å². The van der Waals surface area contributed by atoms with E-state index in [-0.39, 0.29) is 12.5 Å². The molecule has 1 heterocycles. The van der Waals surface area contributed by atoms with E-state index in [1.165, 1.54) is 0 Å². The Kier molecular flexibility index (Phi) is 4.06. The number of rotatable bonds is 2. The fourth-order valence-corrected chi connectivity index (χ4v) is 2.59. The van der Waals surface area contributed by atoms with E-state index in [2.05, 4.69) is 27.7 Å². The fourth-order valence-electron chi connectivity index (χ4n) is 1.73. The van der Waals surface area contributed by atoms with Crippen molar-refractivity contribution in [3.8, 4) is 0 Å². The molecule has 4 nitrogen and oxygen atoms in total. The third-order valence-corrected chi connectivity index (χ3v) is 3.40. The number of carbonyl (C=O) groups is 1. The topological polar surface area (TPSA) is 44.1 Å². The number of hydrogen-bond donors (Lipinski definition) is 0. The van der Waals surface area contributed by atoms with E-state index in [1.807, 2.05) is 32.9 Å². The molecular weight excluding hydrogens is 379 g/mol. The molecular formula is C13H14ClIN2O2. The maximum absolute atomic E-state index is 11.8. The number of carbonyl (C=O) groups excluding carboxylic acids is 1. The highest BCUT2D eigenvalue weighted by molar-refractivity contribution is 14.1. The minimum absolute atomic E-state index is 0.0956. The summed E-state index contributed by atoms with van der Waals surface area (Å²) in [6, 6.07) is 5.49. The fraction of sp³-hybridized carbons (Fsp3) is 0.385. The summed E-state index contributed by atoms with van der Waals surface area (Å²) < 4.78 is 7.75. The molecule has 0 amide bonds. The number of hydrogen-bond acceptors (Lipinski definition) is 3. The number of fused-ring (bicyclic) bond motifs is 1. The Balaban J connectivity index is 2.29. The Morgan fingerprint density at radius 3 is 2.79 bits per heavy atom. The van der Waals surface area contributed by atoms with Gasteiger partial charge < -0.3 is 4.74 Å². The maximum atomic E-state index is 11.8. The first kappa shape index (κ1) is 14.6. The molecule has 0 aliphatic carbocycles. The van der Waals surface area contributed by atoms with Gasteiger partial charge in [0, 0.05) is 10.4 Å². The molecule has 0 atom stereocenters. The normalized spacial score (nSPS) is 11.8. The number of halogens is 2. The van der Waals surface area contributed by atoms with Gasteiger partial charge in [-0.3, -0.25) is 9.48 Å². The van der Waals surface area contributed by atoms with Crippen molar-refractivity contribution in [1.29, 1.82) is 0 Å². The van der Waals surface area contributed by atoms with Crippen molar-refractivity contribution >= 4 is 51.1 Å². The van der Waals surface area contributed by atoms with Crippen molar-refractivity contribution in [2.75, 3.05) is 0 Å². The maximum Gasteiger partial charge on any atom is 0.328 e. The lowest BCUT2D eigenvalue weighted by Crippen LogP contribution is -2.26. The largest absolute Gasteiger partial charge is 0.459 e. The minimum atomic E-state index is -0.490. The second-order valence-corrected chi connectivity index (χ2v) is 6.65. The molecule has 0 spiro atoms. The molecule has 0 unspecified atom stereocenters. The Bertz CT molecular complexity index is 631. The molecule has 0 saturated carbocycles. The van der Waals surface area contributed by atoms with E-state index >= 15 is 0 Å². The molecule has 0 radical (unpaired) electrons. The van der Waals surface area contributed by atoms with Gasteiger partial charge in [0.25, 0.3) is 0 Å². The molecule has 0 bridgehead atoms. The summed E-state index contributed by atoms with van der Waals surface area (Å²) in [7, 11) is 0. The zero-order valence-electron chi connectivity index (χ0n) is 10.9. The second kappa shape index (κ2) is 5.28. The molecule has 0 N–H and O–H groups in total. The van der Waals surface area contributed by atoms with E-state index < -0.39 is 5.60 Å². The van der Waals surface area contributed by atoms with Crippen LogP contribution in [0, 0.1) is 3.70 Å². The Hall–Kier alpha value is -0.820. The second-order valence-electron chi connectivity index (χ2n) is 5.20. The number of esters is 1. The summed E-state index contributed by atoms with van der Waals surface area (Å²) in [6.45, 7) is 5.62. The molecule has 2 rings (SSSR count). The lowest BCUT2D eigenvalue weighted by molar-refractivity contribution is -0.155. The van der Waals surface area contributed by atoms with Crippen molar-refractivity contribution in [3.05, 3.63) is 26.9 Å². The van der Waals surface area contributed by atoms with Gasteiger partial charge in [-0.25, -0.2) is 0 Å². The van der Waals surface area contributed by atoms with Gasteiger partial charge in [0.2, 0.25) is 0 Å². The van der Waals surface area contributed by atoms with Gasteiger partial charge in [0.15, 0.2) is 0 Å². The van der Waals surface area contributed by atoms with E-state index in [0.29, 0.717) is 5.02 Å². The SMILES string of the molecule is CC(C)(C)OC(=O)Cn1nc(I)c2cc(Cl)ccc21. The van der Waals surface area contributed by atoms with Crippen molar-refractivity contribution in [2.24, 2.45) is 0 Å². The third-order valence-electron chi connectivity index (χ3n) is 2.37. The van der Waals surface area contributed by atoms with Gasteiger partial charge in [-0.05, 0) is 61.6 Å². The first-order chi connectivity index (χ1) is 8.76. The van der Waals surface area contributed by atoms with Crippen molar-refractivity contribution in [2.45, 2.75) is 32.9 Å². The number of nitrogens with zero attached hydrogens (tertiary/aromatic N) is 2. The number of benzene rings is 1. The molecule has 0 saturated heterocycles. The number of aromatic nitrogens is 2. The summed E-state index contributed by atoms with van der Waals surface area (Å²) in [5.41, 5.74) is 0.385. The van der Waals surface area contributed by atoms with Crippen LogP contribution < -0.4 is 0 Å². The Labute approximate surface area is 130 Å². The summed E-state index contributed by atoms with van der Waals surface area (Å²) in [4.78, 5) is 11.8. The summed E-state index contributed by atoms with van der Waals surface area (Å²) in [5, 5.41) is 5.94. The van der Waals surface area contributed by atoms with Gasteiger partial charge in [0.1, 0.15) is 15.8 Å². The highest BCUT2D eigenvalue weighted by atomic mass is 127. The first-order valence-corrected chi connectivity index (χ1v) is 7.25. The highest BCUT2D eigenvalue weighted by Gasteiger charge is 2.18. The van der Waals surface area contributed by atoms with Crippen LogP contribution in [0.15, 0.2) is 18.2 Å². The van der Waals surface area contributed by atoms with Crippen LogP contribution in [0.4, 0.5) is 0 Å². The van der Waals surface area contributed by atoms with Crippen LogP contribution >= 0.6 is 34.2 Å². The third kappa shape index (κ3) is 3.60. The molecule has 102 valence electrons. The van der Waals surface area contributed by atoms with Crippen molar-refractivity contribution in [1.82, 2.24) is 9.78 Å². The molecule has 1 aromatic carbocycles. The zero-order valence-corrected chi connectivity index (χ0v) is 13.8. The molecule has 19 heavy (non-hydrogen) atoms. The average Bonchev–Trinajstić information content (AvgIpc) is 2.52. The monoisotopic (exact) mass is 392 g/mol. The van der Waals surface area contributed by atoms with Crippen LogP contribution in [0.25, 0.3) is 10.9 Å². The van der Waals surface area contributed by atoms with Crippen molar-refractivity contribution < 1.29 is 9.53 Å². The van der Waals surface area contributed by atoms with Crippen LogP contribution in [0.2, 0.25) is 5.02 Å². The van der Waals surface area contributed by atoms with Gasteiger partial charge in [0.05, 0.1) is 5.52 Å². The van der Waals surface area contributed by atoms with E-state index in [0.717, 1.165) is 14.6 Å². The van der Waals surface area contributed by atoms with Crippen LogP contribution in [-0.4, -0.2) is 21.4 Å². The summed E-state index contributed by atoms with van der Waals surface area (Å²) >= 11 is 8.09. The molecule has 2 aromatic rings. The van der Waals surface area contributed by atoms with Gasteiger partial charge in [-0.2, -0.15) is 5.10 Å². The predicted molar refractivity (Wildman–Crippen MR) is 83.3 cm³/mol. The van der Waals surface area contributed by atoms with Crippen LogP contribution in [0.5, 0.6) is 0 Å².